The van der Waals surface area contributed by atoms with Gasteiger partial charge in [0.15, 0.2) is 0 Å². The fourth-order valence-corrected chi connectivity index (χ4v) is 2.60. The van der Waals surface area contributed by atoms with Crippen molar-refractivity contribution < 1.29 is 9.47 Å². The maximum Gasteiger partial charge on any atom is 0.0933 e. The molecule has 16 heavy (non-hydrogen) atoms. The first-order valence-corrected chi connectivity index (χ1v) is 6.67. The molecule has 1 atom stereocenters. The van der Waals surface area contributed by atoms with E-state index in [4.69, 9.17) is 9.47 Å². The van der Waals surface area contributed by atoms with Gasteiger partial charge in [0.05, 0.1) is 25.9 Å². The largest absolute Gasteiger partial charge is 0.373 e. The SMILES string of the molecule is CCc1ccc(COCC2CNCCO2)s1. The normalized spacial score (nSPS) is 21.2. The molecule has 0 spiro atoms. The van der Waals surface area contributed by atoms with Crippen LogP contribution in [0.4, 0.5) is 0 Å². The second-order valence-electron chi connectivity index (χ2n) is 3.93. The molecule has 3 nitrogen and oxygen atoms in total. The highest BCUT2D eigenvalue weighted by Gasteiger charge is 2.13. The molecule has 1 unspecified atom stereocenters. The molecule has 90 valence electrons. The van der Waals surface area contributed by atoms with E-state index >= 15 is 0 Å². The van der Waals surface area contributed by atoms with E-state index in [1.807, 2.05) is 11.3 Å². The van der Waals surface area contributed by atoms with Crippen molar-refractivity contribution >= 4 is 11.3 Å². The highest BCUT2D eigenvalue weighted by Crippen LogP contribution is 2.17. The van der Waals surface area contributed by atoms with Gasteiger partial charge in [0.1, 0.15) is 0 Å². The van der Waals surface area contributed by atoms with Gasteiger partial charge in [0.25, 0.3) is 0 Å². The third kappa shape index (κ3) is 3.56. The predicted molar refractivity (Wildman–Crippen MR) is 66.0 cm³/mol. The van der Waals surface area contributed by atoms with Gasteiger partial charge in [-0.3, -0.25) is 0 Å². The lowest BCUT2D eigenvalue weighted by molar-refractivity contribution is -0.0352. The van der Waals surface area contributed by atoms with Crippen LogP contribution in [0.15, 0.2) is 12.1 Å². The average molecular weight is 241 g/mol. The lowest BCUT2D eigenvalue weighted by Gasteiger charge is -2.23. The van der Waals surface area contributed by atoms with Gasteiger partial charge in [-0.1, -0.05) is 6.92 Å². The smallest absolute Gasteiger partial charge is 0.0933 e. The minimum absolute atomic E-state index is 0.222. The minimum atomic E-state index is 0.222. The molecule has 2 heterocycles. The molecule has 0 aromatic carbocycles. The van der Waals surface area contributed by atoms with E-state index in [-0.39, 0.29) is 6.10 Å². The zero-order valence-corrected chi connectivity index (χ0v) is 10.5. The van der Waals surface area contributed by atoms with E-state index in [9.17, 15) is 0 Å². The third-order valence-corrected chi connectivity index (χ3v) is 3.82. The summed E-state index contributed by atoms with van der Waals surface area (Å²) in [5.41, 5.74) is 0. The topological polar surface area (TPSA) is 30.5 Å². The van der Waals surface area contributed by atoms with Gasteiger partial charge < -0.3 is 14.8 Å². The van der Waals surface area contributed by atoms with Crippen molar-refractivity contribution in [2.75, 3.05) is 26.3 Å². The molecule has 4 heteroatoms. The number of morpholine rings is 1. The van der Waals surface area contributed by atoms with Crippen molar-refractivity contribution in [1.29, 1.82) is 0 Å². The van der Waals surface area contributed by atoms with Gasteiger partial charge in [-0.2, -0.15) is 0 Å². The van der Waals surface area contributed by atoms with E-state index in [1.54, 1.807) is 0 Å². The van der Waals surface area contributed by atoms with Crippen molar-refractivity contribution in [1.82, 2.24) is 5.32 Å². The fraction of sp³-hybridized carbons (Fsp3) is 0.667. The summed E-state index contributed by atoms with van der Waals surface area (Å²) >= 11 is 1.84. The maximum absolute atomic E-state index is 5.66. The third-order valence-electron chi connectivity index (χ3n) is 2.62. The molecule has 1 aliphatic heterocycles. The number of hydrogen-bond donors (Lipinski definition) is 1. The van der Waals surface area contributed by atoms with Crippen LogP contribution in [-0.2, 0) is 22.5 Å². The van der Waals surface area contributed by atoms with Crippen molar-refractivity contribution in [2.24, 2.45) is 0 Å². The number of thiophene rings is 1. The van der Waals surface area contributed by atoms with Crippen LogP contribution in [0.1, 0.15) is 16.7 Å². The van der Waals surface area contributed by atoms with Gasteiger partial charge in [-0.25, -0.2) is 0 Å². The lowest BCUT2D eigenvalue weighted by Crippen LogP contribution is -2.40. The van der Waals surface area contributed by atoms with Gasteiger partial charge in [-0.05, 0) is 18.6 Å². The van der Waals surface area contributed by atoms with E-state index in [1.165, 1.54) is 9.75 Å². The second-order valence-corrected chi connectivity index (χ2v) is 5.19. The first-order valence-electron chi connectivity index (χ1n) is 5.86. The first kappa shape index (κ1) is 12.0. The van der Waals surface area contributed by atoms with Crippen LogP contribution < -0.4 is 5.32 Å². The van der Waals surface area contributed by atoms with Gasteiger partial charge in [0.2, 0.25) is 0 Å². The van der Waals surface area contributed by atoms with Crippen molar-refractivity contribution in [3.63, 3.8) is 0 Å². The Morgan fingerprint density at radius 1 is 1.50 bits per heavy atom. The zero-order valence-electron chi connectivity index (χ0n) is 9.70. The van der Waals surface area contributed by atoms with Crippen LogP contribution in [0.5, 0.6) is 0 Å². The summed E-state index contributed by atoms with van der Waals surface area (Å²) in [6.07, 6.45) is 1.33. The molecule has 0 saturated carbocycles. The number of aryl methyl sites for hydroxylation is 1. The highest BCUT2D eigenvalue weighted by atomic mass is 32.1. The van der Waals surface area contributed by atoms with Crippen LogP contribution >= 0.6 is 11.3 Å². The summed E-state index contributed by atoms with van der Waals surface area (Å²) in [6.45, 7) is 6.24. The number of nitrogens with one attached hydrogen (secondary N) is 1. The quantitative estimate of drug-likeness (QED) is 0.853. The van der Waals surface area contributed by atoms with Crippen LogP contribution in [0.2, 0.25) is 0 Å². The monoisotopic (exact) mass is 241 g/mol. The van der Waals surface area contributed by atoms with E-state index in [0.717, 1.165) is 26.1 Å². The van der Waals surface area contributed by atoms with Gasteiger partial charge >= 0.3 is 0 Å². The molecule has 0 amide bonds. The minimum Gasteiger partial charge on any atom is -0.373 e. The molecule has 1 aromatic rings. The molecule has 1 N–H and O–H groups in total. The average Bonchev–Trinajstić information content (AvgIpc) is 2.78. The summed E-state index contributed by atoms with van der Waals surface area (Å²) in [5, 5.41) is 3.29. The van der Waals surface area contributed by atoms with E-state index < -0.39 is 0 Å². The lowest BCUT2D eigenvalue weighted by atomic mass is 10.3. The Hall–Kier alpha value is -0.420. The standard InChI is InChI=1S/C12H19NO2S/c1-2-11-3-4-12(16-11)9-14-8-10-7-13-5-6-15-10/h3-4,10,13H,2,5-9H2,1H3. The van der Waals surface area contributed by atoms with Crippen molar-refractivity contribution in [3.8, 4) is 0 Å². The molecule has 1 fully saturated rings. The summed E-state index contributed by atoms with van der Waals surface area (Å²) in [7, 11) is 0. The zero-order chi connectivity index (χ0) is 11.2. The van der Waals surface area contributed by atoms with Gasteiger partial charge in [-0.15, -0.1) is 11.3 Å². The Balaban J connectivity index is 1.66. The molecule has 0 bridgehead atoms. The van der Waals surface area contributed by atoms with E-state index in [2.05, 4.69) is 24.4 Å². The Morgan fingerprint density at radius 3 is 3.06 bits per heavy atom. The summed E-state index contributed by atoms with van der Waals surface area (Å²) in [6, 6.07) is 4.34. The summed E-state index contributed by atoms with van der Waals surface area (Å²) < 4.78 is 11.2. The summed E-state index contributed by atoms with van der Waals surface area (Å²) in [4.78, 5) is 2.73. The number of rotatable bonds is 5. The number of ether oxygens (including phenoxy) is 2. The molecule has 2 rings (SSSR count). The Labute approximate surface area is 101 Å². The maximum atomic E-state index is 5.66. The Morgan fingerprint density at radius 2 is 2.38 bits per heavy atom. The van der Waals surface area contributed by atoms with Crippen molar-refractivity contribution in [2.45, 2.75) is 26.1 Å². The van der Waals surface area contributed by atoms with Crippen molar-refractivity contribution in [3.05, 3.63) is 21.9 Å². The fourth-order valence-electron chi connectivity index (χ4n) is 1.71. The molecular weight excluding hydrogens is 222 g/mol. The second kappa shape index (κ2) is 6.35. The molecule has 0 radical (unpaired) electrons. The van der Waals surface area contributed by atoms with Crippen LogP contribution in [0.25, 0.3) is 0 Å². The van der Waals surface area contributed by atoms with Crippen LogP contribution in [0.3, 0.4) is 0 Å². The molecule has 0 aliphatic carbocycles. The van der Waals surface area contributed by atoms with Crippen LogP contribution in [-0.4, -0.2) is 32.4 Å². The molecule has 1 saturated heterocycles. The Bertz CT molecular complexity index is 308. The number of hydrogen-bond acceptors (Lipinski definition) is 4. The predicted octanol–water partition coefficient (Wildman–Crippen LogP) is 1.82. The van der Waals surface area contributed by atoms with Crippen LogP contribution in [0, 0.1) is 0 Å². The van der Waals surface area contributed by atoms with E-state index in [0.29, 0.717) is 13.2 Å². The Kier molecular flexibility index (Phi) is 4.78. The highest BCUT2D eigenvalue weighted by molar-refractivity contribution is 7.11. The molecular formula is C12H19NO2S. The molecule has 1 aliphatic rings. The first-order chi connectivity index (χ1) is 7.88. The van der Waals surface area contributed by atoms with Gasteiger partial charge in [0, 0.05) is 22.8 Å². The summed E-state index contributed by atoms with van der Waals surface area (Å²) in [5.74, 6) is 0. The molecule has 1 aromatic heterocycles.